The normalized spacial score (nSPS) is 13.2. The van der Waals surface area contributed by atoms with Crippen molar-refractivity contribution < 1.29 is 38.2 Å². The molecule has 2 unspecified atom stereocenters. The average molecular weight is 804 g/mol. The highest BCUT2D eigenvalue weighted by atomic mass is 16.6. The number of carbonyl (C=O) groups excluding carboxylic acids is 3. The van der Waals surface area contributed by atoms with Crippen LogP contribution in [0.5, 0.6) is 0 Å². The van der Waals surface area contributed by atoms with Crippen molar-refractivity contribution in [3.8, 4) is 0 Å². The van der Waals surface area contributed by atoms with Crippen LogP contribution in [0.3, 0.4) is 0 Å². The van der Waals surface area contributed by atoms with Crippen LogP contribution in [0, 0.1) is 0 Å². The summed E-state index contributed by atoms with van der Waals surface area (Å²) >= 11 is 0. The molecule has 0 radical (unpaired) electrons. The zero-order valence-corrected chi connectivity index (χ0v) is 37.8. The first-order valence-corrected chi connectivity index (χ1v) is 23.5. The Morgan fingerprint density at radius 2 is 0.982 bits per heavy atom. The van der Waals surface area contributed by atoms with Crippen molar-refractivity contribution >= 4 is 17.9 Å². The number of hydrogen-bond acceptors (Lipinski definition) is 7. The van der Waals surface area contributed by atoms with E-state index in [4.69, 9.17) is 14.2 Å². The Kier molecular flexibility index (Phi) is 38.6. The quantitative estimate of drug-likeness (QED) is 0.0262. The van der Waals surface area contributed by atoms with Gasteiger partial charge in [0.05, 0.1) is 40.3 Å². The van der Waals surface area contributed by atoms with E-state index in [0.717, 1.165) is 64.2 Å². The first kappa shape index (κ1) is 54.6. The van der Waals surface area contributed by atoms with Crippen LogP contribution in [-0.2, 0) is 28.6 Å². The fourth-order valence-electron chi connectivity index (χ4n) is 6.87. The zero-order valence-electron chi connectivity index (χ0n) is 37.8. The summed E-state index contributed by atoms with van der Waals surface area (Å²) in [6, 6.07) is -0.725. The number of esters is 2. The molecular formula is C49H89NO7. The van der Waals surface area contributed by atoms with Crippen molar-refractivity contribution in [1.29, 1.82) is 0 Å². The van der Waals surface area contributed by atoms with Crippen molar-refractivity contribution in [1.82, 2.24) is 0 Å². The molecule has 0 N–H and O–H groups in total. The van der Waals surface area contributed by atoms with Gasteiger partial charge in [-0.1, -0.05) is 159 Å². The molecule has 0 aliphatic carbocycles. The minimum Gasteiger partial charge on any atom is -0.544 e. The maximum atomic E-state index is 12.7. The van der Waals surface area contributed by atoms with E-state index in [-0.39, 0.29) is 42.7 Å². The Hall–Kier alpha value is -2.45. The second kappa shape index (κ2) is 40.3. The van der Waals surface area contributed by atoms with Crippen molar-refractivity contribution in [2.24, 2.45) is 0 Å². The van der Waals surface area contributed by atoms with Crippen molar-refractivity contribution in [3.63, 3.8) is 0 Å². The van der Waals surface area contributed by atoms with Gasteiger partial charge in [-0.15, -0.1) is 0 Å². The van der Waals surface area contributed by atoms with Gasteiger partial charge in [0.1, 0.15) is 12.6 Å². The van der Waals surface area contributed by atoms with Gasteiger partial charge in [0.2, 0.25) is 0 Å². The number of carboxylic acids is 1. The third kappa shape index (κ3) is 38.8. The standard InChI is InChI=1S/C49H89NO7/c1-6-8-10-12-14-16-18-20-21-22-23-24-25-26-27-28-30-31-33-35-37-39-47(51)56-44-45(43-55-42-41-46(49(53)54)50(3,4)5)57-48(52)40-38-36-34-32-29-19-17-15-13-11-9-7-2/h8,10,14-17,45-46H,6-7,9,11-13,18-44H2,1-5H3/b10-8+,16-14+,17-15+. The third-order valence-corrected chi connectivity index (χ3v) is 10.5. The molecule has 0 aromatic heterocycles. The first-order valence-electron chi connectivity index (χ1n) is 23.5. The molecule has 0 rings (SSSR count). The number of rotatable bonds is 42. The minimum atomic E-state index is -1.13. The van der Waals surface area contributed by atoms with Crippen LogP contribution < -0.4 is 5.11 Å². The van der Waals surface area contributed by atoms with Crippen LogP contribution in [-0.4, -0.2) is 75.5 Å². The Morgan fingerprint density at radius 1 is 0.544 bits per heavy atom. The lowest BCUT2D eigenvalue weighted by Crippen LogP contribution is -2.55. The van der Waals surface area contributed by atoms with Gasteiger partial charge in [-0.3, -0.25) is 9.59 Å². The van der Waals surface area contributed by atoms with Gasteiger partial charge >= 0.3 is 11.9 Å². The van der Waals surface area contributed by atoms with Crippen molar-refractivity contribution in [2.45, 2.75) is 219 Å². The predicted molar refractivity (Wildman–Crippen MR) is 236 cm³/mol. The number of likely N-dealkylation sites (N-methyl/N-ethyl adjacent to an activating group) is 1. The number of carboxylic acid groups (broad SMARTS) is 1. The van der Waals surface area contributed by atoms with Crippen LogP contribution in [0.15, 0.2) is 36.5 Å². The Labute approximate surface area is 351 Å². The Bertz CT molecular complexity index is 1030. The molecule has 0 heterocycles. The van der Waals surface area contributed by atoms with E-state index >= 15 is 0 Å². The molecular weight excluding hydrogens is 715 g/mol. The van der Waals surface area contributed by atoms with E-state index in [9.17, 15) is 19.5 Å². The number of aliphatic carboxylic acids is 1. The van der Waals surface area contributed by atoms with Gasteiger partial charge < -0.3 is 28.6 Å². The number of nitrogens with zero attached hydrogens (tertiary/aromatic N) is 1. The highest BCUT2D eigenvalue weighted by Crippen LogP contribution is 2.15. The first-order chi connectivity index (χ1) is 27.6. The monoisotopic (exact) mass is 804 g/mol. The van der Waals surface area contributed by atoms with Crippen LogP contribution in [0.1, 0.15) is 206 Å². The molecule has 0 bridgehead atoms. The van der Waals surface area contributed by atoms with Gasteiger partial charge in [-0.05, 0) is 64.2 Å². The maximum absolute atomic E-state index is 12.7. The van der Waals surface area contributed by atoms with E-state index in [0.29, 0.717) is 12.8 Å². The molecule has 0 fully saturated rings. The van der Waals surface area contributed by atoms with Crippen LogP contribution >= 0.6 is 0 Å². The maximum Gasteiger partial charge on any atom is 0.306 e. The smallest absolute Gasteiger partial charge is 0.306 e. The summed E-state index contributed by atoms with van der Waals surface area (Å²) in [6.07, 6.45) is 46.0. The number of ether oxygens (including phenoxy) is 3. The van der Waals surface area contributed by atoms with Gasteiger partial charge in [0.25, 0.3) is 0 Å². The molecule has 0 saturated carbocycles. The second-order valence-electron chi connectivity index (χ2n) is 17.0. The second-order valence-corrected chi connectivity index (χ2v) is 17.0. The van der Waals surface area contributed by atoms with Crippen molar-refractivity contribution in [2.75, 3.05) is 41.0 Å². The number of hydrogen-bond donors (Lipinski definition) is 0. The molecule has 0 spiro atoms. The lowest BCUT2D eigenvalue weighted by atomic mass is 10.0. The topological polar surface area (TPSA) is 102 Å². The molecule has 2 atom stereocenters. The average Bonchev–Trinajstić information content (AvgIpc) is 3.17. The molecule has 0 amide bonds. The summed E-state index contributed by atoms with van der Waals surface area (Å²) in [7, 11) is 5.41. The summed E-state index contributed by atoms with van der Waals surface area (Å²) in [5.74, 6) is -1.74. The van der Waals surface area contributed by atoms with Crippen LogP contribution in [0.2, 0.25) is 0 Å². The van der Waals surface area contributed by atoms with Crippen LogP contribution in [0.25, 0.3) is 0 Å². The summed E-state index contributed by atoms with van der Waals surface area (Å²) in [5, 5.41) is 11.6. The van der Waals surface area contributed by atoms with E-state index in [1.165, 1.54) is 109 Å². The predicted octanol–water partition coefficient (Wildman–Crippen LogP) is 11.7. The molecule has 0 saturated heterocycles. The summed E-state index contributed by atoms with van der Waals surface area (Å²) in [5.41, 5.74) is 0. The van der Waals surface area contributed by atoms with Gasteiger partial charge in [0, 0.05) is 19.3 Å². The molecule has 8 heteroatoms. The van der Waals surface area contributed by atoms with E-state index in [1.54, 1.807) is 21.1 Å². The highest BCUT2D eigenvalue weighted by Gasteiger charge is 2.25. The molecule has 0 aromatic rings. The van der Waals surface area contributed by atoms with E-state index in [2.05, 4.69) is 50.3 Å². The summed E-state index contributed by atoms with van der Waals surface area (Å²) in [4.78, 5) is 36.9. The number of allylic oxidation sites excluding steroid dienone is 6. The van der Waals surface area contributed by atoms with E-state index in [1.807, 2.05) is 0 Å². The lowest BCUT2D eigenvalue weighted by Gasteiger charge is -2.34. The summed E-state index contributed by atoms with van der Waals surface area (Å²) in [6.45, 7) is 4.54. The number of quaternary nitrogens is 1. The fourth-order valence-corrected chi connectivity index (χ4v) is 6.87. The molecule has 0 aromatic carbocycles. The van der Waals surface area contributed by atoms with Gasteiger partial charge in [-0.2, -0.15) is 0 Å². The third-order valence-electron chi connectivity index (χ3n) is 10.5. The highest BCUT2D eigenvalue weighted by molar-refractivity contribution is 5.70. The Balaban J connectivity index is 4.21. The Morgan fingerprint density at radius 3 is 1.46 bits per heavy atom. The van der Waals surface area contributed by atoms with E-state index < -0.39 is 18.1 Å². The van der Waals surface area contributed by atoms with Crippen molar-refractivity contribution in [3.05, 3.63) is 36.5 Å². The molecule has 0 aliphatic rings. The van der Waals surface area contributed by atoms with Crippen LogP contribution in [0.4, 0.5) is 0 Å². The fraction of sp³-hybridized carbons (Fsp3) is 0.816. The number of unbranched alkanes of at least 4 members (excludes halogenated alkanes) is 22. The SMILES string of the molecule is CC/C=C/C/C=C/CCCCCCCCCCCCCCCCC(=O)OCC(COCCC(C(=O)[O-])[N+](C)(C)C)OC(=O)CCCCCCC/C=C/CCCCC. The molecule has 8 nitrogen and oxygen atoms in total. The lowest BCUT2D eigenvalue weighted by molar-refractivity contribution is -0.889. The largest absolute Gasteiger partial charge is 0.544 e. The zero-order chi connectivity index (χ0) is 42.1. The van der Waals surface area contributed by atoms with Gasteiger partial charge in [-0.25, -0.2) is 0 Å². The minimum absolute atomic E-state index is 0.0394. The number of carbonyl (C=O) groups is 3. The molecule has 57 heavy (non-hydrogen) atoms. The van der Waals surface area contributed by atoms with Gasteiger partial charge in [0.15, 0.2) is 6.10 Å². The molecule has 0 aliphatic heterocycles. The summed E-state index contributed by atoms with van der Waals surface area (Å²) < 4.78 is 17.2. The molecule has 332 valence electrons.